The van der Waals surface area contributed by atoms with Gasteiger partial charge in [-0.3, -0.25) is 9.10 Å². The van der Waals surface area contributed by atoms with E-state index in [1.165, 1.54) is 4.31 Å². The molecule has 1 aliphatic rings. The Hall–Kier alpha value is -3.00. The summed E-state index contributed by atoms with van der Waals surface area (Å²) in [6.07, 6.45) is 5.72. The van der Waals surface area contributed by atoms with Crippen LogP contribution in [0.15, 0.2) is 48.5 Å². The molecule has 184 valence electrons. The smallest absolute Gasteiger partial charge is 0.246 e. The molecule has 34 heavy (non-hydrogen) atoms. The van der Waals surface area contributed by atoms with Crippen molar-refractivity contribution in [3.05, 3.63) is 59.7 Å². The van der Waals surface area contributed by atoms with Crippen LogP contribution >= 0.6 is 0 Å². The molecule has 7 nitrogen and oxygen atoms in total. The average Bonchev–Trinajstić information content (AvgIpc) is 3.20. The van der Waals surface area contributed by atoms with Gasteiger partial charge in [0, 0.05) is 25.7 Å². The number of sulfonamides is 1. The van der Waals surface area contributed by atoms with E-state index in [1.54, 1.807) is 36.3 Å². The Kier molecular flexibility index (Phi) is 8.98. The van der Waals surface area contributed by atoms with Crippen LogP contribution in [0.4, 0.5) is 5.69 Å². The normalized spacial score (nSPS) is 15.0. The fraction of sp³-hybridized carbons (Fsp3) is 0.423. The number of anilines is 1. The van der Waals surface area contributed by atoms with E-state index >= 15 is 0 Å². The highest BCUT2D eigenvalue weighted by atomic mass is 32.2. The van der Waals surface area contributed by atoms with Crippen molar-refractivity contribution in [2.75, 3.05) is 36.9 Å². The van der Waals surface area contributed by atoms with E-state index in [4.69, 9.17) is 9.47 Å². The topological polar surface area (TPSA) is 76.2 Å². The first-order valence-electron chi connectivity index (χ1n) is 11.7. The summed E-state index contributed by atoms with van der Waals surface area (Å²) in [4.78, 5) is 14.7. The Bertz CT molecular complexity index is 1100. The van der Waals surface area contributed by atoms with E-state index in [1.807, 2.05) is 37.3 Å². The van der Waals surface area contributed by atoms with Crippen LogP contribution in [0, 0.1) is 0 Å². The van der Waals surface area contributed by atoms with Gasteiger partial charge in [0.1, 0.15) is 0 Å². The molecule has 0 saturated carbocycles. The van der Waals surface area contributed by atoms with E-state index in [9.17, 15) is 13.2 Å². The highest BCUT2D eigenvalue weighted by molar-refractivity contribution is 7.93. The summed E-state index contributed by atoms with van der Waals surface area (Å²) in [7, 11) is -1.59. The highest BCUT2D eigenvalue weighted by Gasteiger charge is 2.28. The minimum atomic E-state index is -3.20. The molecule has 3 rings (SSSR count). The number of carbonyl (C=O) groups excluding carboxylic acids is 1. The van der Waals surface area contributed by atoms with Crippen molar-refractivity contribution >= 4 is 27.7 Å². The number of hydrogen-bond donors (Lipinski definition) is 0. The Morgan fingerprint density at radius 3 is 2.47 bits per heavy atom. The Morgan fingerprint density at radius 1 is 1.09 bits per heavy atom. The molecule has 0 spiro atoms. The van der Waals surface area contributed by atoms with Crippen molar-refractivity contribution in [2.45, 2.75) is 39.7 Å². The van der Waals surface area contributed by atoms with Gasteiger partial charge in [-0.2, -0.15) is 0 Å². The molecule has 0 bridgehead atoms. The van der Waals surface area contributed by atoms with Crippen molar-refractivity contribution in [1.82, 2.24) is 4.90 Å². The molecule has 1 saturated heterocycles. The molecule has 1 amide bonds. The predicted molar refractivity (Wildman–Crippen MR) is 136 cm³/mol. The van der Waals surface area contributed by atoms with Crippen LogP contribution in [0.25, 0.3) is 6.08 Å². The zero-order chi connectivity index (χ0) is 24.6. The molecule has 0 aromatic heterocycles. The van der Waals surface area contributed by atoms with Crippen molar-refractivity contribution in [1.29, 1.82) is 0 Å². The van der Waals surface area contributed by atoms with Crippen LogP contribution in [0.5, 0.6) is 11.5 Å². The van der Waals surface area contributed by atoms with Crippen molar-refractivity contribution in [2.24, 2.45) is 0 Å². The molecular weight excluding hydrogens is 452 g/mol. The molecule has 0 unspecified atom stereocenters. The summed E-state index contributed by atoms with van der Waals surface area (Å²) < 4.78 is 36.8. The number of amides is 1. The van der Waals surface area contributed by atoms with Crippen LogP contribution < -0.4 is 13.8 Å². The van der Waals surface area contributed by atoms with Crippen molar-refractivity contribution in [3.63, 3.8) is 0 Å². The van der Waals surface area contributed by atoms with E-state index in [0.29, 0.717) is 49.8 Å². The average molecular weight is 487 g/mol. The minimum Gasteiger partial charge on any atom is -0.493 e. The monoisotopic (exact) mass is 486 g/mol. The van der Waals surface area contributed by atoms with Gasteiger partial charge in [0.15, 0.2) is 11.5 Å². The van der Waals surface area contributed by atoms with E-state index in [2.05, 4.69) is 6.92 Å². The zero-order valence-electron chi connectivity index (χ0n) is 20.2. The minimum absolute atomic E-state index is 0.0849. The largest absolute Gasteiger partial charge is 0.493 e. The third-order valence-electron chi connectivity index (χ3n) is 5.57. The number of rotatable bonds is 11. The SMILES string of the molecule is CCCOc1ccc(CN(CCC)C(=O)/C=C/c2ccc(N3CCCS3(=O)=O)cc2)cc1OC. The predicted octanol–water partition coefficient (Wildman–Crippen LogP) is 4.48. The van der Waals surface area contributed by atoms with Crippen LogP contribution in [-0.4, -0.2) is 51.8 Å². The Balaban J connectivity index is 1.67. The van der Waals surface area contributed by atoms with Gasteiger partial charge in [0.2, 0.25) is 15.9 Å². The zero-order valence-corrected chi connectivity index (χ0v) is 21.0. The number of carbonyl (C=O) groups is 1. The van der Waals surface area contributed by atoms with Gasteiger partial charge in [0.25, 0.3) is 0 Å². The second-order valence-corrected chi connectivity index (χ2v) is 10.3. The van der Waals surface area contributed by atoms with E-state index in [-0.39, 0.29) is 11.7 Å². The van der Waals surface area contributed by atoms with Gasteiger partial charge in [-0.15, -0.1) is 0 Å². The molecule has 0 N–H and O–H groups in total. The Morgan fingerprint density at radius 2 is 1.85 bits per heavy atom. The molecule has 1 aliphatic heterocycles. The summed E-state index contributed by atoms with van der Waals surface area (Å²) in [5, 5.41) is 0. The van der Waals surface area contributed by atoms with Gasteiger partial charge in [0.05, 0.1) is 25.2 Å². The molecule has 0 aliphatic carbocycles. The maximum Gasteiger partial charge on any atom is 0.246 e. The maximum atomic E-state index is 12.9. The first kappa shape index (κ1) is 25.6. The molecule has 8 heteroatoms. The first-order valence-corrected chi connectivity index (χ1v) is 13.4. The van der Waals surface area contributed by atoms with E-state index in [0.717, 1.165) is 24.0 Å². The molecule has 1 fully saturated rings. The van der Waals surface area contributed by atoms with Gasteiger partial charge in [-0.1, -0.05) is 32.0 Å². The third kappa shape index (κ3) is 6.53. The molecular formula is C26H34N2O5S. The molecule has 2 aromatic carbocycles. The van der Waals surface area contributed by atoms with Crippen LogP contribution in [0.3, 0.4) is 0 Å². The van der Waals surface area contributed by atoms with Crippen molar-refractivity contribution in [3.8, 4) is 11.5 Å². The highest BCUT2D eigenvalue weighted by Crippen LogP contribution is 2.29. The van der Waals surface area contributed by atoms with E-state index < -0.39 is 10.0 Å². The molecule has 2 aromatic rings. The maximum absolute atomic E-state index is 12.9. The lowest BCUT2D eigenvalue weighted by Gasteiger charge is -2.21. The molecule has 0 atom stereocenters. The third-order valence-corrected chi connectivity index (χ3v) is 7.44. The van der Waals surface area contributed by atoms with Gasteiger partial charge in [-0.05, 0) is 60.7 Å². The fourth-order valence-electron chi connectivity index (χ4n) is 3.85. The molecule has 1 heterocycles. The molecule has 0 radical (unpaired) electrons. The lowest BCUT2D eigenvalue weighted by atomic mass is 10.1. The number of hydrogen-bond acceptors (Lipinski definition) is 5. The van der Waals surface area contributed by atoms with Crippen LogP contribution in [0.1, 0.15) is 44.2 Å². The quantitative estimate of drug-likeness (QED) is 0.438. The number of nitrogens with zero attached hydrogens (tertiary/aromatic N) is 2. The van der Waals surface area contributed by atoms with Crippen LogP contribution in [0.2, 0.25) is 0 Å². The van der Waals surface area contributed by atoms with Crippen LogP contribution in [-0.2, 0) is 21.4 Å². The number of benzene rings is 2. The lowest BCUT2D eigenvalue weighted by molar-refractivity contribution is -0.126. The van der Waals surface area contributed by atoms with Crippen molar-refractivity contribution < 1.29 is 22.7 Å². The van der Waals surface area contributed by atoms with Gasteiger partial charge >= 0.3 is 0 Å². The summed E-state index contributed by atoms with van der Waals surface area (Å²) in [6, 6.07) is 13.0. The van der Waals surface area contributed by atoms with Gasteiger partial charge < -0.3 is 14.4 Å². The second-order valence-electron chi connectivity index (χ2n) is 8.26. The summed E-state index contributed by atoms with van der Waals surface area (Å²) >= 11 is 0. The number of methoxy groups -OCH3 is 1. The summed E-state index contributed by atoms with van der Waals surface area (Å²) in [5.74, 6) is 1.46. The lowest BCUT2D eigenvalue weighted by Crippen LogP contribution is -2.29. The first-order chi connectivity index (χ1) is 16.4. The fourth-order valence-corrected chi connectivity index (χ4v) is 5.42. The standard InChI is InChI=1S/C26H34N2O5S/c1-4-15-27(20-22-9-13-24(33-17-5-2)25(19-22)32-3)26(29)14-10-21-7-11-23(12-8-21)28-16-6-18-34(28,30)31/h7-14,19H,4-6,15-18,20H2,1-3H3/b14-10+. The summed E-state index contributed by atoms with van der Waals surface area (Å²) in [5.41, 5.74) is 2.46. The Labute approximate surface area is 203 Å². The summed E-state index contributed by atoms with van der Waals surface area (Å²) in [6.45, 7) is 6.32. The van der Waals surface area contributed by atoms with Gasteiger partial charge in [-0.25, -0.2) is 8.42 Å². The second kappa shape index (κ2) is 11.9. The number of ether oxygens (including phenoxy) is 2.